The average Bonchev–Trinajstić information content (AvgIpc) is 3.13. The Kier molecular flexibility index (Phi) is 3.65. The van der Waals surface area contributed by atoms with E-state index in [9.17, 15) is 4.79 Å². The number of hydrogen-bond acceptors (Lipinski definition) is 3. The van der Waals surface area contributed by atoms with Crippen molar-refractivity contribution in [3.05, 3.63) is 18.5 Å². The SMILES string of the molecule is CN1CCC2(CCN(C(=O)NCCn3cccn3)C2)C1. The van der Waals surface area contributed by atoms with Gasteiger partial charge in [0, 0.05) is 44.0 Å². The second-order valence-corrected chi connectivity index (χ2v) is 6.16. The third kappa shape index (κ3) is 2.80. The zero-order valence-corrected chi connectivity index (χ0v) is 12.1. The number of aromatic nitrogens is 2. The number of nitrogens with one attached hydrogen (secondary N) is 1. The van der Waals surface area contributed by atoms with Crippen molar-refractivity contribution >= 4 is 6.03 Å². The first-order chi connectivity index (χ1) is 9.67. The summed E-state index contributed by atoms with van der Waals surface area (Å²) in [6.45, 7) is 5.44. The number of amides is 2. The maximum absolute atomic E-state index is 12.2. The molecule has 2 amide bonds. The van der Waals surface area contributed by atoms with Crippen LogP contribution >= 0.6 is 0 Å². The maximum atomic E-state index is 12.2. The Morgan fingerprint density at radius 1 is 1.35 bits per heavy atom. The molecule has 1 atom stereocenters. The van der Waals surface area contributed by atoms with Crippen molar-refractivity contribution in [2.45, 2.75) is 19.4 Å². The molecule has 2 aliphatic heterocycles. The van der Waals surface area contributed by atoms with Gasteiger partial charge in [-0.1, -0.05) is 0 Å². The molecule has 1 unspecified atom stereocenters. The molecule has 3 heterocycles. The van der Waals surface area contributed by atoms with Crippen LogP contribution in [0.2, 0.25) is 0 Å². The molecule has 0 aromatic carbocycles. The lowest BCUT2D eigenvalue weighted by atomic mass is 9.86. The van der Waals surface area contributed by atoms with Crippen molar-refractivity contribution in [1.29, 1.82) is 0 Å². The van der Waals surface area contributed by atoms with Crippen LogP contribution < -0.4 is 5.32 Å². The van der Waals surface area contributed by atoms with E-state index >= 15 is 0 Å². The minimum Gasteiger partial charge on any atom is -0.336 e. The minimum absolute atomic E-state index is 0.0728. The van der Waals surface area contributed by atoms with Crippen molar-refractivity contribution in [3.8, 4) is 0 Å². The summed E-state index contributed by atoms with van der Waals surface area (Å²) in [5, 5.41) is 7.12. The molecular weight excluding hydrogens is 254 g/mol. The molecule has 1 aromatic heterocycles. The fourth-order valence-electron chi connectivity index (χ4n) is 3.42. The summed E-state index contributed by atoms with van der Waals surface area (Å²) in [4.78, 5) is 16.5. The number of nitrogens with zero attached hydrogens (tertiary/aromatic N) is 4. The third-order valence-electron chi connectivity index (χ3n) is 4.53. The minimum atomic E-state index is 0.0728. The van der Waals surface area contributed by atoms with E-state index in [1.165, 1.54) is 6.42 Å². The number of carbonyl (C=O) groups is 1. The highest BCUT2D eigenvalue weighted by Gasteiger charge is 2.43. The van der Waals surface area contributed by atoms with Crippen molar-refractivity contribution < 1.29 is 4.79 Å². The third-order valence-corrected chi connectivity index (χ3v) is 4.53. The summed E-state index contributed by atoms with van der Waals surface area (Å²) in [5.74, 6) is 0. The van der Waals surface area contributed by atoms with Gasteiger partial charge in [-0.25, -0.2) is 4.79 Å². The van der Waals surface area contributed by atoms with Gasteiger partial charge in [-0.2, -0.15) is 5.10 Å². The van der Waals surface area contributed by atoms with E-state index in [0.29, 0.717) is 12.0 Å². The Morgan fingerprint density at radius 3 is 2.90 bits per heavy atom. The number of urea groups is 1. The molecule has 0 bridgehead atoms. The lowest BCUT2D eigenvalue weighted by Crippen LogP contribution is -2.41. The highest BCUT2D eigenvalue weighted by molar-refractivity contribution is 5.74. The van der Waals surface area contributed by atoms with E-state index in [1.807, 2.05) is 21.8 Å². The van der Waals surface area contributed by atoms with Crippen LogP contribution in [-0.2, 0) is 6.54 Å². The second-order valence-electron chi connectivity index (χ2n) is 6.16. The molecule has 1 N–H and O–H groups in total. The van der Waals surface area contributed by atoms with Crippen molar-refractivity contribution in [2.24, 2.45) is 5.41 Å². The molecule has 1 spiro atoms. The van der Waals surface area contributed by atoms with Crippen LogP contribution in [0.4, 0.5) is 4.79 Å². The second kappa shape index (κ2) is 5.44. The van der Waals surface area contributed by atoms with Gasteiger partial charge in [0.2, 0.25) is 0 Å². The van der Waals surface area contributed by atoms with E-state index in [0.717, 1.165) is 39.1 Å². The number of likely N-dealkylation sites (tertiary alicyclic amines) is 2. The van der Waals surface area contributed by atoms with Gasteiger partial charge in [0.25, 0.3) is 0 Å². The topological polar surface area (TPSA) is 53.4 Å². The number of rotatable bonds is 3. The van der Waals surface area contributed by atoms with Crippen LogP contribution in [0.3, 0.4) is 0 Å². The van der Waals surface area contributed by atoms with E-state index < -0.39 is 0 Å². The molecule has 2 aliphatic rings. The summed E-state index contributed by atoms with van der Waals surface area (Å²) in [6, 6.07) is 1.96. The van der Waals surface area contributed by atoms with Gasteiger partial charge in [0.15, 0.2) is 0 Å². The Morgan fingerprint density at radius 2 is 2.20 bits per heavy atom. The Hall–Kier alpha value is -1.56. The van der Waals surface area contributed by atoms with Crippen LogP contribution in [0.5, 0.6) is 0 Å². The highest BCUT2D eigenvalue weighted by Crippen LogP contribution is 2.38. The summed E-state index contributed by atoms with van der Waals surface area (Å²) in [6.07, 6.45) is 6.03. The van der Waals surface area contributed by atoms with Gasteiger partial charge in [-0.05, 0) is 32.5 Å². The van der Waals surface area contributed by atoms with Gasteiger partial charge in [-0.3, -0.25) is 4.68 Å². The molecule has 110 valence electrons. The number of hydrogen-bond donors (Lipinski definition) is 1. The Bertz CT molecular complexity index is 460. The zero-order chi connectivity index (χ0) is 14.0. The summed E-state index contributed by atoms with van der Waals surface area (Å²) in [5.41, 5.74) is 0.355. The van der Waals surface area contributed by atoms with Crippen molar-refractivity contribution in [3.63, 3.8) is 0 Å². The molecule has 20 heavy (non-hydrogen) atoms. The molecule has 3 rings (SSSR count). The zero-order valence-electron chi connectivity index (χ0n) is 12.1. The molecule has 0 saturated carbocycles. The van der Waals surface area contributed by atoms with Crippen LogP contribution in [0, 0.1) is 5.41 Å². The predicted octanol–water partition coefficient (Wildman–Crippen LogP) is 0.620. The van der Waals surface area contributed by atoms with Crippen LogP contribution in [0.15, 0.2) is 18.5 Å². The van der Waals surface area contributed by atoms with Crippen LogP contribution in [0.25, 0.3) is 0 Å². The quantitative estimate of drug-likeness (QED) is 0.881. The average molecular weight is 277 g/mol. The fraction of sp³-hybridized carbons (Fsp3) is 0.714. The summed E-state index contributed by atoms with van der Waals surface area (Å²) in [7, 11) is 2.17. The number of carbonyl (C=O) groups excluding carboxylic acids is 1. The van der Waals surface area contributed by atoms with Gasteiger partial charge in [0.1, 0.15) is 0 Å². The van der Waals surface area contributed by atoms with E-state index in [-0.39, 0.29) is 6.03 Å². The highest BCUT2D eigenvalue weighted by atomic mass is 16.2. The lowest BCUT2D eigenvalue weighted by Gasteiger charge is -2.24. The molecule has 0 aliphatic carbocycles. The van der Waals surface area contributed by atoms with Crippen molar-refractivity contribution in [2.75, 3.05) is 39.8 Å². The van der Waals surface area contributed by atoms with Crippen LogP contribution in [-0.4, -0.2) is 65.4 Å². The smallest absolute Gasteiger partial charge is 0.317 e. The van der Waals surface area contributed by atoms with E-state index in [1.54, 1.807) is 6.20 Å². The van der Waals surface area contributed by atoms with Gasteiger partial charge < -0.3 is 15.1 Å². The van der Waals surface area contributed by atoms with E-state index in [2.05, 4.69) is 22.4 Å². The molecule has 2 saturated heterocycles. The fourth-order valence-corrected chi connectivity index (χ4v) is 3.42. The summed E-state index contributed by atoms with van der Waals surface area (Å²) < 4.78 is 1.83. The van der Waals surface area contributed by atoms with Crippen molar-refractivity contribution in [1.82, 2.24) is 24.9 Å². The molecule has 1 aromatic rings. The molecular formula is C14H23N5O. The normalized spacial score (nSPS) is 26.6. The first-order valence-corrected chi connectivity index (χ1v) is 7.36. The van der Waals surface area contributed by atoms with Gasteiger partial charge in [-0.15, -0.1) is 0 Å². The maximum Gasteiger partial charge on any atom is 0.317 e. The first kappa shape index (κ1) is 13.4. The van der Waals surface area contributed by atoms with E-state index in [4.69, 9.17) is 0 Å². The lowest BCUT2D eigenvalue weighted by molar-refractivity contribution is 0.199. The van der Waals surface area contributed by atoms with Gasteiger partial charge in [0.05, 0.1) is 6.54 Å². The molecule has 6 heteroatoms. The van der Waals surface area contributed by atoms with Crippen LogP contribution in [0.1, 0.15) is 12.8 Å². The largest absolute Gasteiger partial charge is 0.336 e. The summed E-state index contributed by atoms with van der Waals surface area (Å²) >= 11 is 0. The predicted molar refractivity (Wildman–Crippen MR) is 76.4 cm³/mol. The monoisotopic (exact) mass is 277 g/mol. The molecule has 6 nitrogen and oxygen atoms in total. The standard InChI is InChI=1S/C14H23N5O/c1-17-8-3-14(11-17)4-9-18(12-14)13(20)15-6-10-19-7-2-5-16-19/h2,5,7H,3-4,6,8-12H2,1H3,(H,15,20). The van der Waals surface area contributed by atoms with Gasteiger partial charge >= 0.3 is 6.03 Å². The molecule has 0 radical (unpaired) electrons. The molecule has 2 fully saturated rings. The Balaban J connectivity index is 1.44. The first-order valence-electron chi connectivity index (χ1n) is 7.36. The Labute approximate surface area is 119 Å².